The zero-order valence-electron chi connectivity index (χ0n) is 13.2. The molecular formula is C17H20FN3O2. The summed E-state index contributed by atoms with van der Waals surface area (Å²) in [5, 5.41) is 14.1. The molecule has 5 nitrogen and oxygen atoms in total. The van der Waals surface area contributed by atoms with Crippen molar-refractivity contribution >= 4 is 5.91 Å². The zero-order valence-corrected chi connectivity index (χ0v) is 13.2. The molecule has 1 unspecified atom stereocenters. The molecule has 0 saturated heterocycles. The monoisotopic (exact) mass is 317 g/mol. The minimum Gasteiger partial charge on any atom is -0.391 e. The third-order valence-corrected chi connectivity index (χ3v) is 4.29. The number of carbonyl (C=O) groups excluding carboxylic acids is 1. The lowest BCUT2D eigenvalue weighted by Gasteiger charge is -2.20. The first-order chi connectivity index (χ1) is 11.0. The van der Waals surface area contributed by atoms with Crippen molar-refractivity contribution < 1.29 is 14.3 Å². The molecule has 0 radical (unpaired) electrons. The fourth-order valence-electron chi connectivity index (χ4n) is 2.69. The number of aliphatic hydroxyl groups is 1. The summed E-state index contributed by atoms with van der Waals surface area (Å²) in [6.45, 7) is 2.03. The van der Waals surface area contributed by atoms with E-state index in [1.807, 2.05) is 0 Å². The van der Waals surface area contributed by atoms with Crippen molar-refractivity contribution in [2.45, 2.75) is 25.9 Å². The summed E-state index contributed by atoms with van der Waals surface area (Å²) < 4.78 is 15.3. The van der Waals surface area contributed by atoms with Crippen LogP contribution >= 0.6 is 0 Å². The number of rotatable bonds is 5. The summed E-state index contributed by atoms with van der Waals surface area (Å²) in [6.07, 6.45) is 3.01. The van der Waals surface area contributed by atoms with Crippen LogP contribution in [0.2, 0.25) is 0 Å². The van der Waals surface area contributed by atoms with Crippen molar-refractivity contribution in [3.63, 3.8) is 0 Å². The van der Waals surface area contributed by atoms with Gasteiger partial charge in [0.1, 0.15) is 11.5 Å². The average molecular weight is 317 g/mol. The summed E-state index contributed by atoms with van der Waals surface area (Å²) in [4.78, 5) is 14.0. The Morgan fingerprint density at radius 2 is 2.17 bits per heavy atom. The van der Waals surface area contributed by atoms with E-state index in [1.165, 1.54) is 21.8 Å². The molecule has 1 aliphatic rings. The van der Waals surface area contributed by atoms with Crippen LogP contribution in [0.25, 0.3) is 5.69 Å². The van der Waals surface area contributed by atoms with Crippen molar-refractivity contribution in [3.05, 3.63) is 47.5 Å². The van der Waals surface area contributed by atoms with Gasteiger partial charge in [-0.1, -0.05) is 12.1 Å². The number of para-hydroxylation sites is 1. The first kappa shape index (κ1) is 15.7. The highest BCUT2D eigenvalue weighted by molar-refractivity contribution is 5.95. The Morgan fingerprint density at radius 1 is 1.48 bits per heavy atom. The number of aromatic nitrogens is 2. The number of likely N-dealkylation sites (N-methyl/N-ethyl adjacent to an activating group) is 1. The second-order valence-corrected chi connectivity index (χ2v) is 6.10. The SMILES string of the molecule is Cc1c(C(=O)N(C)CC(O)C2CC2)cnn1-c1ccccc1F. The van der Waals surface area contributed by atoms with Gasteiger partial charge in [0.15, 0.2) is 0 Å². The fourth-order valence-corrected chi connectivity index (χ4v) is 2.69. The molecule has 122 valence electrons. The van der Waals surface area contributed by atoms with E-state index >= 15 is 0 Å². The molecule has 1 saturated carbocycles. The Bertz CT molecular complexity index is 724. The van der Waals surface area contributed by atoms with Gasteiger partial charge in [-0.25, -0.2) is 9.07 Å². The van der Waals surface area contributed by atoms with Crippen molar-refractivity contribution in [3.8, 4) is 5.69 Å². The molecule has 23 heavy (non-hydrogen) atoms. The van der Waals surface area contributed by atoms with Crippen LogP contribution in [0.15, 0.2) is 30.5 Å². The predicted octanol–water partition coefficient (Wildman–Crippen LogP) is 2.16. The number of nitrogens with zero attached hydrogens (tertiary/aromatic N) is 3. The van der Waals surface area contributed by atoms with E-state index in [0.717, 1.165) is 12.8 Å². The Balaban J connectivity index is 1.81. The van der Waals surface area contributed by atoms with E-state index in [9.17, 15) is 14.3 Å². The average Bonchev–Trinajstić information content (AvgIpc) is 3.31. The van der Waals surface area contributed by atoms with Gasteiger partial charge in [-0.2, -0.15) is 5.10 Å². The maximum Gasteiger partial charge on any atom is 0.257 e. The molecule has 0 spiro atoms. The van der Waals surface area contributed by atoms with Gasteiger partial charge in [0.2, 0.25) is 0 Å². The number of hydrogen-bond acceptors (Lipinski definition) is 3. The van der Waals surface area contributed by atoms with Gasteiger partial charge in [-0.05, 0) is 37.8 Å². The molecule has 1 fully saturated rings. The Labute approximate surface area is 134 Å². The van der Waals surface area contributed by atoms with E-state index in [-0.39, 0.29) is 5.91 Å². The van der Waals surface area contributed by atoms with Crippen LogP contribution in [0.4, 0.5) is 4.39 Å². The molecule has 1 aromatic carbocycles. The van der Waals surface area contributed by atoms with Gasteiger partial charge in [-0.15, -0.1) is 0 Å². The van der Waals surface area contributed by atoms with Crippen molar-refractivity contribution in [1.29, 1.82) is 0 Å². The number of aliphatic hydroxyl groups excluding tert-OH is 1. The Hall–Kier alpha value is -2.21. The van der Waals surface area contributed by atoms with Crippen molar-refractivity contribution in [2.75, 3.05) is 13.6 Å². The molecule has 6 heteroatoms. The van der Waals surface area contributed by atoms with Gasteiger partial charge in [-0.3, -0.25) is 4.79 Å². The summed E-state index contributed by atoms with van der Waals surface area (Å²) in [5.74, 6) is -0.299. The standard InChI is InChI=1S/C17H20FN3O2/c1-11-13(17(23)20(2)10-16(22)12-7-8-12)9-19-21(11)15-6-4-3-5-14(15)18/h3-6,9,12,16,22H,7-8,10H2,1-2H3. The predicted molar refractivity (Wildman–Crippen MR) is 84.0 cm³/mol. The van der Waals surface area contributed by atoms with Crippen LogP contribution in [0, 0.1) is 18.7 Å². The van der Waals surface area contributed by atoms with Crippen LogP contribution < -0.4 is 0 Å². The molecule has 1 amide bonds. The molecule has 1 aliphatic carbocycles. The second kappa shape index (κ2) is 6.12. The fraction of sp³-hybridized carbons (Fsp3) is 0.412. The Kier molecular flexibility index (Phi) is 4.17. The highest BCUT2D eigenvalue weighted by atomic mass is 19.1. The lowest BCUT2D eigenvalue weighted by molar-refractivity contribution is 0.0644. The van der Waals surface area contributed by atoms with Crippen LogP contribution in [0.1, 0.15) is 28.9 Å². The zero-order chi connectivity index (χ0) is 16.6. The highest BCUT2D eigenvalue weighted by Crippen LogP contribution is 2.32. The largest absolute Gasteiger partial charge is 0.391 e. The van der Waals surface area contributed by atoms with E-state index < -0.39 is 11.9 Å². The lowest BCUT2D eigenvalue weighted by Crippen LogP contribution is -2.35. The van der Waals surface area contributed by atoms with Gasteiger partial charge in [0, 0.05) is 13.6 Å². The normalized spacial score (nSPS) is 15.5. The van der Waals surface area contributed by atoms with Gasteiger partial charge in [0.25, 0.3) is 5.91 Å². The number of benzene rings is 1. The van der Waals surface area contributed by atoms with E-state index in [0.29, 0.717) is 29.4 Å². The number of hydrogen-bond donors (Lipinski definition) is 1. The van der Waals surface area contributed by atoms with Gasteiger partial charge in [0.05, 0.1) is 23.6 Å². The summed E-state index contributed by atoms with van der Waals surface area (Å²) in [7, 11) is 1.66. The van der Waals surface area contributed by atoms with Crippen LogP contribution in [-0.2, 0) is 0 Å². The van der Waals surface area contributed by atoms with Crippen molar-refractivity contribution in [2.24, 2.45) is 5.92 Å². The molecular weight excluding hydrogens is 297 g/mol. The quantitative estimate of drug-likeness (QED) is 0.919. The van der Waals surface area contributed by atoms with E-state index in [4.69, 9.17) is 0 Å². The Morgan fingerprint density at radius 3 is 2.83 bits per heavy atom. The molecule has 1 heterocycles. The van der Waals surface area contributed by atoms with Crippen LogP contribution in [0.3, 0.4) is 0 Å². The molecule has 2 aromatic rings. The summed E-state index contributed by atoms with van der Waals surface area (Å²) >= 11 is 0. The third kappa shape index (κ3) is 3.12. The molecule has 3 rings (SSSR count). The minimum atomic E-state index is -0.481. The van der Waals surface area contributed by atoms with Crippen molar-refractivity contribution in [1.82, 2.24) is 14.7 Å². The summed E-state index contributed by atoms with van der Waals surface area (Å²) in [6, 6.07) is 6.30. The number of carbonyl (C=O) groups is 1. The minimum absolute atomic E-state index is 0.218. The first-order valence-electron chi connectivity index (χ1n) is 7.72. The maximum absolute atomic E-state index is 13.9. The van der Waals surface area contributed by atoms with E-state index in [2.05, 4.69) is 5.10 Å². The van der Waals surface area contributed by atoms with Crippen LogP contribution in [0.5, 0.6) is 0 Å². The first-order valence-corrected chi connectivity index (χ1v) is 7.72. The molecule has 1 atom stereocenters. The lowest BCUT2D eigenvalue weighted by atomic mass is 10.2. The molecule has 0 aliphatic heterocycles. The second-order valence-electron chi connectivity index (χ2n) is 6.10. The number of halogens is 1. The van der Waals surface area contributed by atoms with Crippen LogP contribution in [-0.4, -0.2) is 45.4 Å². The summed E-state index contributed by atoms with van der Waals surface area (Å²) in [5.41, 5.74) is 1.30. The smallest absolute Gasteiger partial charge is 0.257 e. The third-order valence-electron chi connectivity index (χ3n) is 4.29. The van der Waals surface area contributed by atoms with E-state index in [1.54, 1.807) is 32.2 Å². The molecule has 0 bridgehead atoms. The topological polar surface area (TPSA) is 58.4 Å². The van der Waals surface area contributed by atoms with Gasteiger partial charge < -0.3 is 10.0 Å². The molecule has 1 N–H and O–H groups in total. The number of amides is 1. The highest BCUT2D eigenvalue weighted by Gasteiger charge is 2.31. The maximum atomic E-state index is 13.9. The molecule has 1 aromatic heterocycles. The van der Waals surface area contributed by atoms with Gasteiger partial charge >= 0.3 is 0 Å².